The third-order valence-corrected chi connectivity index (χ3v) is 1.92. The van der Waals surface area contributed by atoms with E-state index in [1.54, 1.807) is 26.8 Å². The van der Waals surface area contributed by atoms with Gasteiger partial charge in [0, 0.05) is 0 Å². The summed E-state index contributed by atoms with van der Waals surface area (Å²) in [5.41, 5.74) is 0.156. The highest BCUT2D eigenvalue weighted by atomic mass is 19.1. The van der Waals surface area contributed by atoms with E-state index in [2.05, 4.69) is 4.98 Å². The third-order valence-electron chi connectivity index (χ3n) is 1.92. The summed E-state index contributed by atoms with van der Waals surface area (Å²) in [6, 6.07) is 2.80. The molecular weight excluding hydrogens is 208 g/mol. The molecule has 0 aliphatic heterocycles. The molecule has 5 heteroatoms. The van der Waals surface area contributed by atoms with Crippen LogP contribution in [0, 0.1) is 5.95 Å². The van der Waals surface area contributed by atoms with Crippen molar-refractivity contribution >= 4 is 18.7 Å². The van der Waals surface area contributed by atoms with Crippen molar-refractivity contribution in [1.82, 2.24) is 4.98 Å². The van der Waals surface area contributed by atoms with Crippen LogP contribution in [0.5, 0.6) is 0 Å². The molecule has 1 heterocycles. The topological polar surface area (TPSA) is 39.2 Å². The van der Waals surface area contributed by atoms with Crippen LogP contribution in [0.3, 0.4) is 0 Å². The Kier molecular flexibility index (Phi) is 3.68. The second kappa shape index (κ2) is 4.64. The number of hydrogen-bond acceptors (Lipinski definition) is 3. The first-order valence-electron chi connectivity index (χ1n) is 5.22. The van der Waals surface area contributed by atoms with Crippen molar-refractivity contribution in [3.05, 3.63) is 23.8 Å². The number of hydrogen-bond donors (Lipinski definition) is 0. The van der Waals surface area contributed by atoms with Crippen molar-refractivity contribution in [2.24, 2.45) is 0 Å². The summed E-state index contributed by atoms with van der Waals surface area (Å²) in [5.74, 6) is -1.25. The Morgan fingerprint density at radius 1 is 1.44 bits per heavy atom. The zero-order valence-electron chi connectivity index (χ0n) is 10.0. The molecule has 0 amide bonds. The van der Waals surface area contributed by atoms with Gasteiger partial charge in [0.1, 0.15) is 11.3 Å². The van der Waals surface area contributed by atoms with Gasteiger partial charge < -0.3 is 4.74 Å². The minimum absolute atomic E-state index is 0.0671. The van der Waals surface area contributed by atoms with Gasteiger partial charge in [-0.05, 0) is 26.8 Å². The van der Waals surface area contributed by atoms with Gasteiger partial charge >= 0.3 is 5.97 Å². The standard InChI is InChI=1S/C11H15BFNO2/c1-11(2,3)16-10(15)9-7(12-4)5-6-8(13)14-9/h5-6,12H,1-4H3. The lowest BCUT2D eigenvalue weighted by Gasteiger charge is -2.19. The minimum atomic E-state index is -0.668. The van der Waals surface area contributed by atoms with Gasteiger partial charge in [-0.1, -0.05) is 18.4 Å². The van der Waals surface area contributed by atoms with Gasteiger partial charge in [-0.2, -0.15) is 4.39 Å². The molecule has 0 aromatic carbocycles. The molecule has 0 radical (unpaired) electrons. The minimum Gasteiger partial charge on any atom is -0.455 e. The van der Waals surface area contributed by atoms with E-state index < -0.39 is 17.5 Å². The van der Waals surface area contributed by atoms with Crippen molar-refractivity contribution in [2.75, 3.05) is 0 Å². The second-order valence-electron chi connectivity index (χ2n) is 4.50. The van der Waals surface area contributed by atoms with Crippen molar-refractivity contribution in [3.8, 4) is 0 Å². The predicted octanol–water partition coefficient (Wildman–Crippen LogP) is 1.29. The molecule has 16 heavy (non-hydrogen) atoms. The molecule has 0 aliphatic rings. The van der Waals surface area contributed by atoms with Gasteiger partial charge in [0.05, 0.1) is 0 Å². The van der Waals surface area contributed by atoms with E-state index in [0.29, 0.717) is 12.7 Å². The Morgan fingerprint density at radius 3 is 2.56 bits per heavy atom. The van der Waals surface area contributed by atoms with Crippen LogP contribution >= 0.6 is 0 Å². The van der Waals surface area contributed by atoms with Crippen molar-refractivity contribution in [2.45, 2.75) is 33.2 Å². The highest BCUT2D eigenvalue weighted by Crippen LogP contribution is 2.10. The van der Waals surface area contributed by atoms with Crippen molar-refractivity contribution in [1.29, 1.82) is 0 Å². The van der Waals surface area contributed by atoms with Gasteiger partial charge in [0.25, 0.3) is 0 Å². The Balaban J connectivity index is 3.02. The van der Waals surface area contributed by atoms with Gasteiger partial charge in [0.15, 0.2) is 7.28 Å². The number of halogens is 1. The lowest BCUT2D eigenvalue weighted by molar-refractivity contribution is 0.00633. The Labute approximate surface area is 95.3 Å². The van der Waals surface area contributed by atoms with E-state index in [9.17, 15) is 9.18 Å². The lowest BCUT2D eigenvalue weighted by Crippen LogP contribution is -2.30. The molecule has 1 aromatic rings. The fraction of sp³-hybridized carbons (Fsp3) is 0.455. The molecule has 0 N–H and O–H groups in total. The summed E-state index contributed by atoms with van der Waals surface area (Å²) in [6.07, 6.45) is 0. The molecule has 0 saturated carbocycles. The summed E-state index contributed by atoms with van der Waals surface area (Å²) in [6.45, 7) is 7.16. The predicted molar refractivity (Wildman–Crippen MR) is 62.0 cm³/mol. The smallest absolute Gasteiger partial charge is 0.356 e. The highest BCUT2D eigenvalue weighted by molar-refractivity contribution is 6.53. The Bertz CT molecular complexity index is 401. The van der Waals surface area contributed by atoms with Crippen LogP contribution in [-0.2, 0) is 4.74 Å². The van der Waals surface area contributed by atoms with E-state index in [1.165, 1.54) is 6.07 Å². The maximum absolute atomic E-state index is 13.0. The number of carbonyl (C=O) groups excluding carboxylic acids is 1. The molecule has 0 bridgehead atoms. The molecule has 0 atom stereocenters. The summed E-state index contributed by atoms with van der Waals surface area (Å²) in [4.78, 5) is 15.3. The number of rotatable bonds is 2. The van der Waals surface area contributed by atoms with Gasteiger partial charge in [-0.3, -0.25) is 0 Å². The normalized spacial score (nSPS) is 11.1. The first-order chi connectivity index (χ1) is 7.33. The van der Waals surface area contributed by atoms with Gasteiger partial charge in [-0.15, -0.1) is 0 Å². The second-order valence-corrected chi connectivity index (χ2v) is 4.50. The summed E-state index contributed by atoms with van der Waals surface area (Å²) in [7, 11) is 0.613. The maximum Gasteiger partial charge on any atom is 0.356 e. The molecule has 86 valence electrons. The molecule has 1 aromatic heterocycles. The average molecular weight is 223 g/mol. The number of carbonyl (C=O) groups is 1. The lowest BCUT2D eigenvalue weighted by atomic mass is 9.72. The van der Waals surface area contributed by atoms with Crippen LogP contribution in [0.25, 0.3) is 0 Å². The molecule has 1 rings (SSSR count). The van der Waals surface area contributed by atoms with Crippen LogP contribution in [0.4, 0.5) is 4.39 Å². The fourth-order valence-electron chi connectivity index (χ4n) is 1.25. The summed E-state index contributed by atoms with van der Waals surface area (Å²) >= 11 is 0. The van der Waals surface area contributed by atoms with Crippen LogP contribution in [0.1, 0.15) is 31.3 Å². The summed E-state index contributed by atoms with van der Waals surface area (Å²) in [5, 5.41) is 0. The molecule has 0 unspecified atom stereocenters. The van der Waals surface area contributed by atoms with E-state index in [-0.39, 0.29) is 5.69 Å². The maximum atomic E-state index is 13.0. The fourth-order valence-corrected chi connectivity index (χ4v) is 1.25. The number of pyridine rings is 1. The molecule has 0 fully saturated rings. The summed E-state index contributed by atoms with van der Waals surface area (Å²) < 4.78 is 18.1. The van der Waals surface area contributed by atoms with Crippen LogP contribution in [0.2, 0.25) is 6.82 Å². The largest absolute Gasteiger partial charge is 0.455 e. The average Bonchev–Trinajstić information content (AvgIpc) is 2.15. The zero-order valence-corrected chi connectivity index (χ0v) is 10.0. The third kappa shape index (κ3) is 3.33. The van der Waals surface area contributed by atoms with Crippen LogP contribution in [0.15, 0.2) is 12.1 Å². The number of nitrogens with zero attached hydrogens (tertiary/aromatic N) is 1. The van der Waals surface area contributed by atoms with E-state index in [0.717, 1.165) is 0 Å². The van der Waals surface area contributed by atoms with E-state index in [4.69, 9.17) is 4.74 Å². The van der Waals surface area contributed by atoms with Gasteiger partial charge in [0.2, 0.25) is 5.95 Å². The Morgan fingerprint density at radius 2 is 2.06 bits per heavy atom. The van der Waals surface area contributed by atoms with E-state index >= 15 is 0 Å². The highest BCUT2D eigenvalue weighted by Gasteiger charge is 2.21. The molecule has 0 aliphatic carbocycles. The SMILES string of the molecule is CBc1ccc(F)nc1C(=O)OC(C)(C)C. The molecule has 0 spiro atoms. The molecule has 3 nitrogen and oxygen atoms in total. The first-order valence-corrected chi connectivity index (χ1v) is 5.22. The van der Waals surface area contributed by atoms with Crippen molar-refractivity contribution < 1.29 is 13.9 Å². The van der Waals surface area contributed by atoms with Crippen LogP contribution in [-0.4, -0.2) is 23.8 Å². The molecule has 0 saturated heterocycles. The number of aromatic nitrogens is 1. The van der Waals surface area contributed by atoms with Crippen LogP contribution < -0.4 is 5.46 Å². The first kappa shape index (κ1) is 12.7. The zero-order chi connectivity index (χ0) is 12.3. The van der Waals surface area contributed by atoms with Gasteiger partial charge in [-0.25, -0.2) is 9.78 Å². The quantitative estimate of drug-likeness (QED) is 0.430. The monoisotopic (exact) mass is 223 g/mol. The van der Waals surface area contributed by atoms with Crippen molar-refractivity contribution in [3.63, 3.8) is 0 Å². The number of esters is 1. The molecular formula is C11H15BFNO2. The number of ether oxygens (including phenoxy) is 1. The Hall–Kier alpha value is -1.39. The van der Waals surface area contributed by atoms with E-state index in [1.807, 2.05) is 6.82 Å².